The zero-order chi connectivity index (χ0) is 15.1. The van der Waals surface area contributed by atoms with Crippen LogP contribution in [0.3, 0.4) is 0 Å². The first-order chi connectivity index (χ1) is 8.65. The van der Waals surface area contributed by atoms with Gasteiger partial charge in [0.2, 0.25) is 5.91 Å². The fourth-order valence-corrected chi connectivity index (χ4v) is 2.55. The van der Waals surface area contributed by atoms with E-state index in [1.807, 2.05) is 0 Å². The summed E-state index contributed by atoms with van der Waals surface area (Å²) in [7, 11) is 2.90. The Bertz CT molecular complexity index is 363. The molecule has 0 fully saturated rings. The molecule has 0 aliphatic heterocycles. The van der Waals surface area contributed by atoms with Crippen LogP contribution in [0, 0.1) is 0 Å². The third-order valence-corrected chi connectivity index (χ3v) is 3.59. The molecule has 0 heterocycles. The number of nitrogens with zero attached hydrogens (tertiary/aromatic N) is 2. The lowest BCUT2D eigenvalue weighted by molar-refractivity contribution is -0.118. The molecule has 19 heavy (non-hydrogen) atoms. The predicted molar refractivity (Wildman–Crippen MR) is 81.8 cm³/mol. The van der Waals surface area contributed by atoms with Crippen LogP contribution in [-0.4, -0.2) is 44.3 Å². The fraction of sp³-hybridized carbons (Fsp3) is 0.625. The molecule has 2 amide bonds. The Labute approximate surface area is 134 Å². The Morgan fingerprint density at radius 2 is 2.00 bits per heavy atom. The zero-order valence-corrected chi connectivity index (χ0v) is 14.2. The van der Waals surface area contributed by atoms with Crippen molar-refractivity contribution in [2.24, 2.45) is 5.16 Å². The molecule has 110 valence electrons. The van der Waals surface area contributed by atoms with Crippen molar-refractivity contribution in [2.45, 2.75) is 10.0 Å². The van der Waals surface area contributed by atoms with Crippen LogP contribution in [0.1, 0.15) is 6.92 Å². The van der Waals surface area contributed by atoms with Crippen molar-refractivity contribution in [3.8, 4) is 0 Å². The average molecular weight is 369 g/mol. The Morgan fingerprint density at radius 3 is 2.47 bits per heavy atom. The monoisotopic (exact) mass is 367 g/mol. The normalized spacial score (nSPS) is 12.0. The fourth-order valence-electron chi connectivity index (χ4n) is 0.622. The number of hydrogen-bond donors (Lipinski definition) is 1. The summed E-state index contributed by atoms with van der Waals surface area (Å²) in [5, 5.41) is 6.42. The van der Waals surface area contributed by atoms with E-state index in [0.29, 0.717) is 17.0 Å². The molecule has 0 aromatic heterocycles. The maximum Gasteiger partial charge on any atom is 0.445 e. The predicted octanol–water partition coefficient (Wildman–Crippen LogP) is 2.84. The minimum absolute atomic E-state index is 0.158. The van der Waals surface area contributed by atoms with Crippen molar-refractivity contribution in [2.75, 3.05) is 19.8 Å². The maximum atomic E-state index is 11.4. The molecule has 11 heteroatoms. The molecule has 6 nitrogen and oxygen atoms in total. The van der Waals surface area contributed by atoms with E-state index in [1.165, 1.54) is 14.1 Å². The molecular weight excluding hydrogens is 357 g/mol. The largest absolute Gasteiger partial charge is 0.445 e. The van der Waals surface area contributed by atoms with Crippen LogP contribution in [0.4, 0.5) is 4.79 Å². The van der Waals surface area contributed by atoms with E-state index < -0.39 is 9.22 Å². The summed E-state index contributed by atoms with van der Waals surface area (Å²) in [4.78, 5) is 27.0. The standard InChI is InChI=1S/C8H12Cl3N3O3S2/c1-5(18-4-6(15)12-2)13-17-7(16)14(3)19-8(9,10)11/h4H2,1-3H3,(H,12,15). The molecule has 0 radical (unpaired) electrons. The van der Waals surface area contributed by atoms with Gasteiger partial charge in [0.15, 0.2) is 0 Å². The Balaban J connectivity index is 4.16. The number of alkyl halides is 3. The molecule has 0 aliphatic carbocycles. The smallest absolute Gasteiger partial charge is 0.358 e. The molecule has 0 saturated carbocycles. The number of hydrogen-bond acceptors (Lipinski definition) is 6. The minimum Gasteiger partial charge on any atom is -0.358 e. The summed E-state index contributed by atoms with van der Waals surface area (Å²) in [6.45, 7) is 1.60. The lowest BCUT2D eigenvalue weighted by atomic mass is 10.7. The number of nitrogens with one attached hydrogen (secondary N) is 1. The van der Waals surface area contributed by atoms with Gasteiger partial charge in [-0.25, -0.2) is 9.10 Å². The molecule has 0 aromatic carbocycles. The van der Waals surface area contributed by atoms with Gasteiger partial charge in [0.05, 0.1) is 5.75 Å². The lowest BCUT2D eigenvalue weighted by Crippen LogP contribution is -2.23. The lowest BCUT2D eigenvalue weighted by Gasteiger charge is -2.17. The van der Waals surface area contributed by atoms with Crippen LogP contribution >= 0.6 is 58.5 Å². The summed E-state index contributed by atoms with van der Waals surface area (Å²) in [5.74, 6) is 0.0250. The highest BCUT2D eigenvalue weighted by molar-refractivity contribution is 8.14. The van der Waals surface area contributed by atoms with Crippen molar-refractivity contribution in [1.29, 1.82) is 0 Å². The van der Waals surface area contributed by atoms with Crippen LogP contribution in [0.5, 0.6) is 0 Å². The van der Waals surface area contributed by atoms with Gasteiger partial charge in [0.25, 0.3) is 3.12 Å². The third kappa shape index (κ3) is 10.4. The van der Waals surface area contributed by atoms with E-state index in [1.54, 1.807) is 6.92 Å². The second kappa shape index (κ2) is 9.02. The van der Waals surface area contributed by atoms with E-state index in [-0.39, 0.29) is 11.7 Å². The highest BCUT2D eigenvalue weighted by Gasteiger charge is 2.27. The Kier molecular flexibility index (Phi) is 9.01. The third-order valence-electron chi connectivity index (χ3n) is 1.44. The molecule has 0 bridgehead atoms. The van der Waals surface area contributed by atoms with Gasteiger partial charge in [-0.05, 0) is 6.92 Å². The Morgan fingerprint density at radius 1 is 1.42 bits per heavy atom. The molecule has 0 rings (SSSR count). The van der Waals surface area contributed by atoms with Gasteiger partial charge in [-0.15, -0.1) is 0 Å². The average Bonchev–Trinajstić information content (AvgIpc) is 2.30. The van der Waals surface area contributed by atoms with Gasteiger partial charge in [0.1, 0.15) is 5.04 Å². The van der Waals surface area contributed by atoms with Crippen molar-refractivity contribution in [3.05, 3.63) is 0 Å². The SMILES string of the molecule is CNC(=O)CSC(C)=NOC(=O)N(C)SC(Cl)(Cl)Cl. The number of amides is 2. The first kappa shape index (κ1) is 19.0. The van der Waals surface area contributed by atoms with Crippen molar-refractivity contribution >= 4 is 75.6 Å². The highest BCUT2D eigenvalue weighted by Crippen LogP contribution is 2.40. The van der Waals surface area contributed by atoms with E-state index in [4.69, 9.17) is 34.8 Å². The van der Waals surface area contributed by atoms with Crippen LogP contribution in [0.15, 0.2) is 5.16 Å². The van der Waals surface area contributed by atoms with Crippen molar-refractivity contribution in [3.63, 3.8) is 0 Å². The van der Waals surface area contributed by atoms with Gasteiger partial charge in [-0.3, -0.25) is 9.63 Å². The van der Waals surface area contributed by atoms with Gasteiger partial charge >= 0.3 is 6.09 Å². The summed E-state index contributed by atoms with van der Waals surface area (Å²) >= 11 is 18.3. The van der Waals surface area contributed by atoms with Gasteiger partial charge < -0.3 is 5.32 Å². The van der Waals surface area contributed by atoms with Gasteiger partial charge in [-0.2, -0.15) is 0 Å². The topological polar surface area (TPSA) is 71.0 Å². The molecule has 0 aliphatic rings. The molecule has 0 saturated heterocycles. The molecule has 0 atom stereocenters. The molecule has 0 aromatic rings. The molecule has 1 N–H and O–H groups in total. The highest BCUT2D eigenvalue weighted by atomic mass is 35.6. The van der Waals surface area contributed by atoms with Crippen molar-refractivity contribution in [1.82, 2.24) is 9.62 Å². The number of rotatable bonds is 4. The molecular formula is C8H12Cl3N3O3S2. The quantitative estimate of drug-likeness (QED) is 0.206. The number of oxime groups is 1. The second-order valence-electron chi connectivity index (χ2n) is 2.96. The summed E-state index contributed by atoms with van der Waals surface area (Å²) in [6, 6.07) is 0. The number of carbonyl (C=O) groups is 2. The first-order valence-electron chi connectivity index (χ1n) is 4.74. The van der Waals surface area contributed by atoms with Gasteiger partial charge in [0, 0.05) is 26.0 Å². The van der Waals surface area contributed by atoms with Crippen LogP contribution in [0.25, 0.3) is 0 Å². The second-order valence-corrected chi connectivity index (χ2v) is 8.43. The summed E-state index contributed by atoms with van der Waals surface area (Å²) in [5.41, 5.74) is 0. The minimum atomic E-state index is -1.67. The maximum absolute atomic E-state index is 11.4. The van der Waals surface area contributed by atoms with E-state index in [2.05, 4.69) is 15.3 Å². The van der Waals surface area contributed by atoms with E-state index in [0.717, 1.165) is 16.1 Å². The van der Waals surface area contributed by atoms with Crippen LogP contribution < -0.4 is 5.32 Å². The van der Waals surface area contributed by atoms with Gasteiger partial charge in [-0.1, -0.05) is 51.7 Å². The van der Waals surface area contributed by atoms with Crippen LogP contribution in [-0.2, 0) is 9.63 Å². The zero-order valence-electron chi connectivity index (χ0n) is 10.3. The van der Waals surface area contributed by atoms with E-state index >= 15 is 0 Å². The first-order valence-corrected chi connectivity index (χ1v) is 7.63. The summed E-state index contributed by atoms with van der Waals surface area (Å²) < 4.78 is -0.673. The summed E-state index contributed by atoms with van der Waals surface area (Å²) in [6.07, 6.45) is -0.795. The molecule has 0 spiro atoms. The number of carbonyl (C=O) groups excluding carboxylic acids is 2. The van der Waals surface area contributed by atoms with Crippen LogP contribution in [0.2, 0.25) is 0 Å². The Hall–Kier alpha value is -0.0200. The molecule has 0 unspecified atom stereocenters. The number of halogens is 3. The number of thioether (sulfide) groups is 1. The van der Waals surface area contributed by atoms with Crippen molar-refractivity contribution < 1.29 is 14.4 Å². The van der Waals surface area contributed by atoms with E-state index in [9.17, 15) is 9.59 Å².